The van der Waals surface area contributed by atoms with E-state index in [4.69, 9.17) is 9.84 Å². The lowest BCUT2D eigenvalue weighted by atomic mass is 10.2. The number of nitrogens with zero attached hydrogens (tertiary/aromatic N) is 1. The van der Waals surface area contributed by atoms with Crippen molar-refractivity contribution in [1.29, 1.82) is 0 Å². The van der Waals surface area contributed by atoms with Crippen molar-refractivity contribution in [3.63, 3.8) is 0 Å². The van der Waals surface area contributed by atoms with Gasteiger partial charge in [-0.2, -0.15) is 0 Å². The molecular weight excluding hydrogens is 276 g/mol. The highest BCUT2D eigenvalue weighted by Gasteiger charge is 2.11. The maximum Gasteiger partial charge on any atom is 0.303 e. The Kier molecular flexibility index (Phi) is 6.45. The minimum atomic E-state index is -0.821. The van der Waals surface area contributed by atoms with Crippen molar-refractivity contribution in [3.05, 3.63) is 28.3 Å². The number of unbranched alkanes of at least 4 members (excludes halogenated alkanes) is 1. The molecule has 0 saturated carbocycles. The fourth-order valence-electron chi connectivity index (χ4n) is 1.76. The SMILES string of the molecule is CC(C)Oc1cc(NCCCCC(=O)O)cc([N+](=O)[O-])c1. The van der Waals surface area contributed by atoms with Crippen LogP contribution in [0.3, 0.4) is 0 Å². The van der Waals surface area contributed by atoms with Crippen molar-refractivity contribution in [2.24, 2.45) is 0 Å². The van der Waals surface area contributed by atoms with Crippen LogP contribution in [0.25, 0.3) is 0 Å². The number of nitro groups is 1. The molecule has 1 rings (SSSR count). The van der Waals surface area contributed by atoms with Crippen molar-refractivity contribution in [2.75, 3.05) is 11.9 Å². The van der Waals surface area contributed by atoms with Crippen LogP contribution in [0.1, 0.15) is 33.1 Å². The van der Waals surface area contributed by atoms with Gasteiger partial charge in [0, 0.05) is 30.8 Å². The van der Waals surface area contributed by atoms with Gasteiger partial charge in [0.15, 0.2) is 0 Å². The van der Waals surface area contributed by atoms with E-state index in [1.807, 2.05) is 13.8 Å². The van der Waals surface area contributed by atoms with Crippen molar-refractivity contribution < 1.29 is 19.6 Å². The summed E-state index contributed by atoms with van der Waals surface area (Å²) in [5.41, 5.74) is 0.552. The van der Waals surface area contributed by atoms with Gasteiger partial charge in [0.05, 0.1) is 17.1 Å². The van der Waals surface area contributed by atoms with Crippen LogP contribution in [0.4, 0.5) is 11.4 Å². The molecule has 2 N–H and O–H groups in total. The molecule has 0 aromatic heterocycles. The van der Waals surface area contributed by atoms with E-state index in [9.17, 15) is 14.9 Å². The topological polar surface area (TPSA) is 102 Å². The van der Waals surface area contributed by atoms with E-state index in [1.54, 1.807) is 6.07 Å². The van der Waals surface area contributed by atoms with Gasteiger partial charge in [-0.1, -0.05) is 0 Å². The number of ether oxygens (including phenoxy) is 1. The van der Waals surface area contributed by atoms with Crippen LogP contribution in [0.5, 0.6) is 5.75 Å². The van der Waals surface area contributed by atoms with E-state index in [2.05, 4.69) is 5.32 Å². The summed E-state index contributed by atoms with van der Waals surface area (Å²) >= 11 is 0. The number of aliphatic carboxylic acids is 1. The second kappa shape index (κ2) is 8.08. The first kappa shape index (κ1) is 16.7. The monoisotopic (exact) mass is 296 g/mol. The largest absolute Gasteiger partial charge is 0.491 e. The second-order valence-corrected chi connectivity index (χ2v) is 4.92. The summed E-state index contributed by atoms with van der Waals surface area (Å²) < 4.78 is 5.48. The van der Waals surface area contributed by atoms with Crippen LogP contribution in [0.2, 0.25) is 0 Å². The number of carboxylic acid groups (broad SMARTS) is 1. The first-order chi connectivity index (χ1) is 9.88. The van der Waals surface area contributed by atoms with Gasteiger partial charge in [0.2, 0.25) is 0 Å². The number of carbonyl (C=O) groups is 1. The zero-order valence-corrected chi connectivity index (χ0v) is 12.2. The van der Waals surface area contributed by atoms with Crippen LogP contribution in [0.15, 0.2) is 18.2 Å². The fraction of sp³-hybridized carbons (Fsp3) is 0.500. The van der Waals surface area contributed by atoms with E-state index < -0.39 is 10.9 Å². The van der Waals surface area contributed by atoms with E-state index in [0.29, 0.717) is 30.8 Å². The second-order valence-electron chi connectivity index (χ2n) is 4.92. The van der Waals surface area contributed by atoms with Gasteiger partial charge in [-0.3, -0.25) is 14.9 Å². The van der Waals surface area contributed by atoms with Gasteiger partial charge >= 0.3 is 5.97 Å². The van der Waals surface area contributed by atoms with E-state index >= 15 is 0 Å². The first-order valence-corrected chi connectivity index (χ1v) is 6.80. The van der Waals surface area contributed by atoms with Crippen LogP contribution in [-0.4, -0.2) is 28.6 Å². The Bertz CT molecular complexity index is 502. The van der Waals surface area contributed by atoms with Gasteiger partial charge in [0.1, 0.15) is 5.75 Å². The van der Waals surface area contributed by atoms with Crippen molar-refractivity contribution in [2.45, 2.75) is 39.2 Å². The lowest BCUT2D eigenvalue weighted by Gasteiger charge is -2.12. The molecule has 0 heterocycles. The van der Waals surface area contributed by atoms with Gasteiger partial charge in [-0.05, 0) is 26.7 Å². The molecule has 1 aromatic carbocycles. The van der Waals surface area contributed by atoms with E-state index in [0.717, 1.165) is 0 Å². The normalized spacial score (nSPS) is 10.4. The molecule has 7 heteroatoms. The van der Waals surface area contributed by atoms with Crippen LogP contribution in [0, 0.1) is 10.1 Å². The Morgan fingerprint density at radius 3 is 2.67 bits per heavy atom. The van der Waals surface area contributed by atoms with Gasteiger partial charge in [0.25, 0.3) is 5.69 Å². The Morgan fingerprint density at radius 2 is 2.10 bits per heavy atom. The number of hydrogen-bond donors (Lipinski definition) is 2. The Balaban J connectivity index is 2.65. The standard InChI is InChI=1S/C14H20N2O5/c1-10(2)21-13-8-11(7-12(9-13)16(19)20)15-6-4-3-5-14(17)18/h7-10,15H,3-6H2,1-2H3,(H,17,18). The van der Waals surface area contributed by atoms with Gasteiger partial charge in [-0.15, -0.1) is 0 Å². The number of benzene rings is 1. The smallest absolute Gasteiger partial charge is 0.303 e. The highest BCUT2D eigenvalue weighted by molar-refractivity contribution is 5.66. The molecule has 21 heavy (non-hydrogen) atoms. The predicted octanol–water partition coefficient (Wildman–Crippen LogP) is 3.05. The number of rotatable bonds is 9. The van der Waals surface area contributed by atoms with Gasteiger partial charge in [-0.25, -0.2) is 0 Å². The summed E-state index contributed by atoms with van der Waals surface area (Å²) in [7, 11) is 0. The molecule has 0 amide bonds. The Labute approximate surface area is 123 Å². The molecule has 116 valence electrons. The zero-order chi connectivity index (χ0) is 15.8. The summed E-state index contributed by atoms with van der Waals surface area (Å²) in [5.74, 6) is -0.384. The zero-order valence-electron chi connectivity index (χ0n) is 12.2. The first-order valence-electron chi connectivity index (χ1n) is 6.80. The third-order valence-electron chi connectivity index (χ3n) is 2.62. The molecule has 0 aliphatic carbocycles. The van der Waals surface area contributed by atoms with Crippen molar-refractivity contribution in [1.82, 2.24) is 0 Å². The Morgan fingerprint density at radius 1 is 1.38 bits per heavy atom. The number of non-ortho nitro benzene ring substituents is 1. The average molecular weight is 296 g/mol. The maximum atomic E-state index is 10.9. The highest BCUT2D eigenvalue weighted by Crippen LogP contribution is 2.26. The third-order valence-corrected chi connectivity index (χ3v) is 2.62. The lowest BCUT2D eigenvalue weighted by Crippen LogP contribution is -2.07. The summed E-state index contributed by atoms with van der Waals surface area (Å²) in [6, 6.07) is 4.52. The quantitative estimate of drug-likeness (QED) is 0.412. The average Bonchev–Trinajstić information content (AvgIpc) is 2.36. The van der Waals surface area contributed by atoms with Crippen molar-refractivity contribution >= 4 is 17.3 Å². The molecule has 0 radical (unpaired) electrons. The molecule has 1 aromatic rings. The molecule has 0 aliphatic rings. The van der Waals surface area contributed by atoms with Crippen LogP contribution >= 0.6 is 0 Å². The molecule has 0 spiro atoms. The van der Waals surface area contributed by atoms with E-state index in [1.165, 1.54) is 12.1 Å². The summed E-state index contributed by atoms with van der Waals surface area (Å²) in [6.45, 7) is 4.24. The lowest BCUT2D eigenvalue weighted by molar-refractivity contribution is -0.384. The molecule has 0 unspecified atom stereocenters. The van der Waals surface area contributed by atoms with Crippen LogP contribution in [-0.2, 0) is 4.79 Å². The number of nitro benzene ring substituents is 1. The maximum absolute atomic E-state index is 10.9. The molecule has 0 atom stereocenters. The molecular formula is C14H20N2O5. The number of hydrogen-bond acceptors (Lipinski definition) is 5. The molecule has 0 saturated heterocycles. The van der Waals surface area contributed by atoms with Crippen LogP contribution < -0.4 is 10.1 Å². The van der Waals surface area contributed by atoms with Gasteiger partial charge < -0.3 is 15.2 Å². The summed E-state index contributed by atoms with van der Waals surface area (Å²) in [6.07, 6.45) is 1.29. The highest BCUT2D eigenvalue weighted by atomic mass is 16.6. The molecule has 0 bridgehead atoms. The molecule has 0 fully saturated rings. The molecule has 7 nitrogen and oxygen atoms in total. The summed E-state index contributed by atoms with van der Waals surface area (Å²) in [4.78, 5) is 20.8. The fourth-order valence-corrected chi connectivity index (χ4v) is 1.76. The number of carboxylic acids is 1. The third kappa shape index (κ3) is 6.60. The predicted molar refractivity (Wildman–Crippen MR) is 78.8 cm³/mol. The number of nitrogens with one attached hydrogen (secondary N) is 1. The molecule has 0 aliphatic heterocycles. The number of anilines is 1. The minimum absolute atomic E-state index is 0.0406. The van der Waals surface area contributed by atoms with E-state index in [-0.39, 0.29) is 18.2 Å². The summed E-state index contributed by atoms with van der Waals surface area (Å²) in [5, 5.41) is 22.5. The minimum Gasteiger partial charge on any atom is -0.491 e. The Hall–Kier alpha value is -2.31. The van der Waals surface area contributed by atoms with Crippen molar-refractivity contribution in [3.8, 4) is 5.75 Å².